The van der Waals surface area contributed by atoms with Crippen molar-refractivity contribution in [3.05, 3.63) is 40.0 Å². The number of amides is 1. The van der Waals surface area contributed by atoms with Crippen LogP contribution in [0.5, 0.6) is 0 Å². The van der Waals surface area contributed by atoms with Crippen molar-refractivity contribution < 1.29 is 4.79 Å². The zero-order valence-electron chi connectivity index (χ0n) is 15.4. The van der Waals surface area contributed by atoms with Gasteiger partial charge >= 0.3 is 0 Å². The average molecular weight is 382 g/mol. The molecule has 6 heteroatoms. The summed E-state index contributed by atoms with van der Waals surface area (Å²) >= 11 is 12.5. The third-order valence-corrected chi connectivity index (χ3v) is 4.39. The molecule has 0 bridgehead atoms. The molecule has 2 rings (SSSR count). The highest BCUT2D eigenvalue weighted by atomic mass is 35.5. The maximum absolute atomic E-state index is 12.3. The number of halogens is 2. The van der Waals surface area contributed by atoms with Gasteiger partial charge in [0, 0.05) is 22.9 Å². The lowest BCUT2D eigenvalue weighted by Gasteiger charge is -2.14. The van der Waals surface area contributed by atoms with Gasteiger partial charge in [0.05, 0.1) is 16.4 Å². The van der Waals surface area contributed by atoms with Gasteiger partial charge in [0.15, 0.2) is 0 Å². The fourth-order valence-electron chi connectivity index (χ4n) is 2.29. The molecule has 0 unspecified atom stereocenters. The molecule has 0 saturated carbocycles. The molecule has 1 heterocycles. The van der Waals surface area contributed by atoms with Crippen molar-refractivity contribution in [3.63, 3.8) is 0 Å². The number of benzene rings is 1. The minimum atomic E-state index is -0.159. The van der Waals surface area contributed by atoms with Crippen molar-refractivity contribution in [2.24, 2.45) is 5.92 Å². The summed E-state index contributed by atoms with van der Waals surface area (Å²) in [6.07, 6.45) is 1.31. The Morgan fingerprint density at radius 1 is 1.24 bits per heavy atom. The first-order valence-electron chi connectivity index (χ1n) is 8.43. The number of carbonyl (C=O) groups excluding carboxylic acids is 1. The van der Waals surface area contributed by atoms with E-state index in [1.54, 1.807) is 22.9 Å². The van der Waals surface area contributed by atoms with Crippen LogP contribution in [0.1, 0.15) is 53.2 Å². The Labute approximate surface area is 159 Å². The minimum Gasteiger partial charge on any atom is -0.311 e. The molecule has 0 spiro atoms. The third kappa shape index (κ3) is 5.23. The van der Waals surface area contributed by atoms with E-state index >= 15 is 0 Å². The van der Waals surface area contributed by atoms with Gasteiger partial charge in [-0.3, -0.25) is 4.79 Å². The monoisotopic (exact) mass is 381 g/mol. The molecule has 0 aliphatic carbocycles. The van der Waals surface area contributed by atoms with Crippen LogP contribution in [0.2, 0.25) is 10.0 Å². The number of carbonyl (C=O) groups is 1. The van der Waals surface area contributed by atoms with Crippen LogP contribution in [0, 0.1) is 5.92 Å². The van der Waals surface area contributed by atoms with E-state index < -0.39 is 0 Å². The van der Waals surface area contributed by atoms with Crippen LogP contribution in [0.25, 0.3) is 5.69 Å². The third-order valence-electron chi connectivity index (χ3n) is 3.83. The molecule has 1 N–H and O–H groups in total. The molecule has 2 aromatic rings. The molecule has 0 radical (unpaired) electrons. The van der Waals surface area contributed by atoms with Gasteiger partial charge in [-0.2, -0.15) is 5.10 Å². The average Bonchev–Trinajstić information content (AvgIpc) is 2.91. The number of aromatic nitrogens is 2. The number of nitrogens with one attached hydrogen (secondary N) is 1. The SMILES string of the molecule is CC(C)CCC(=O)Nc1cc(C(C)(C)C)nn1-c1cc(Cl)ccc1Cl. The maximum Gasteiger partial charge on any atom is 0.225 e. The fraction of sp³-hybridized carbons (Fsp3) is 0.474. The largest absolute Gasteiger partial charge is 0.311 e. The summed E-state index contributed by atoms with van der Waals surface area (Å²) in [4.78, 5) is 12.3. The summed E-state index contributed by atoms with van der Waals surface area (Å²) in [6.45, 7) is 10.4. The first kappa shape index (κ1) is 19.8. The van der Waals surface area contributed by atoms with E-state index in [-0.39, 0.29) is 11.3 Å². The highest BCUT2D eigenvalue weighted by Crippen LogP contribution is 2.30. The minimum absolute atomic E-state index is 0.0338. The van der Waals surface area contributed by atoms with Gasteiger partial charge in [0.25, 0.3) is 0 Å². The quantitative estimate of drug-likeness (QED) is 0.705. The predicted molar refractivity (Wildman–Crippen MR) is 105 cm³/mol. The number of hydrogen-bond donors (Lipinski definition) is 1. The van der Waals surface area contributed by atoms with Gasteiger partial charge in [-0.15, -0.1) is 0 Å². The van der Waals surface area contributed by atoms with Crippen molar-refractivity contribution in [1.82, 2.24) is 9.78 Å². The van der Waals surface area contributed by atoms with Crippen LogP contribution >= 0.6 is 23.2 Å². The zero-order chi connectivity index (χ0) is 18.8. The van der Waals surface area contributed by atoms with Crippen LogP contribution in [0.15, 0.2) is 24.3 Å². The number of hydrogen-bond acceptors (Lipinski definition) is 2. The molecule has 0 aliphatic rings. The number of nitrogens with zero attached hydrogens (tertiary/aromatic N) is 2. The molecule has 1 amide bonds. The molecule has 0 aliphatic heterocycles. The standard InChI is InChI=1S/C19H25Cl2N3O/c1-12(2)6-9-18(25)22-17-11-16(19(3,4)5)23-24(17)15-10-13(20)7-8-14(15)21/h7-8,10-12H,6,9H2,1-5H3,(H,22,25). The number of anilines is 1. The highest BCUT2D eigenvalue weighted by molar-refractivity contribution is 6.34. The molecule has 1 aromatic carbocycles. The van der Waals surface area contributed by atoms with E-state index in [0.717, 1.165) is 12.1 Å². The van der Waals surface area contributed by atoms with Crippen molar-refractivity contribution in [2.75, 3.05) is 5.32 Å². The van der Waals surface area contributed by atoms with E-state index in [9.17, 15) is 4.79 Å². The van der Waals surface area contributed by atoms with Gasteiger partial charge < -0.3 is 5.32 Å². The second-order valence-electron chi connectivity index (χ2n) is 7.65. The first-order valence-corrected chi connectivity index (χ1v) is 9.19. The normalized spacial score (nSPS) is 11.8. The van der Waals surface area contributed by atoms with Crippen LogP contribution in [-0.4, -0.2) is 15.7 Å². The summed E-state index contributed by atoms with van der Waals surface area (Å²) in [5.74, 6) is 1.04. The molecule has 0 fully saturated rings. The Balaban J connectivity index is 2.42. The predicted octanol–water partition coefficient (Wildman–Crippen LogP) is 5.85. The Hall–Kier alpha value is -1.52. The lowest BCUT2D eigenvalue weighted by Crippen LogP contribution is -2.15. The fourth-order valence-corrected chi connectivity index (χ4v) is 2.66. The molecular weight excluding hydrogens is 357 g/mol. The molecular formula is C19H25Cl2N3O. The van der Waals surface area contributed by atoms with Gasteiger partial charge in [0.1, 0.15) is 5.82 Å². The number of rotatable bonds is 5. The molecule has 4 nitrogen and oxygen atoms in total. The van der Waals surface area contributed by atoms with Crippen LogP contribution in [0.4, 0.5) is 5.82 Å². The van der Waals surface area contributed by atoms with E-state index in [1.807, 2.05) is 6.07 Å². The summed E-state index contributed by atoms with van der Waals surface area (Å²) in [5, 5.41) is 8.70. The second-order valence-corrected chi connectivity index (χ2v) is 8.50. The van der Waals surface area contributed by atoms with Crippen LogP contribution in [-0.2, 0) is 10.2 Å². The summed E-state index contributed by atoms with van der Waals surface area (Å²) < 4.78 is 1.65. The Morgan fingerprint density at radius 2 is 1.92 bits per heavy atom. The Morgan fingerprint density at radius 3 is 2.52 bits per heavy atom. The lowest BCUT2D eigenvalue weighted by atomic mass is 9.92. The summed E-state index contributed by atoms with van der Waals surface area (Å²) in [7, 11) is 0. The summed E-state index contributed by atoms with van der Waals surface area (Å²) in [6, 6.07) is 7.09. The van der Waals surface area contributed by atoms with Crippen molar-refractivity contribution in [3.8, 4) is 5.69 Å². The molecule has 1 aromatic heterocycles. The van der Waals surface area contributed by atoms with Crippen LogP contribution < -0.4 is 5.32 Å². The van der Waals surface area contributed by atoms with E-state index in [4.69, 9.17) is 23.2 Å². The van der Waals surface area contributed by atoms with Crippen LogP contribution in [0.3, 0.4) is 0 Å². The topological polar surface area (TPSA) is 46.9 Å². The maximum atomic E-state index is 12.3. The molecule has 0 saturated heterocycles. The van der Waals surface area contributed by atoms with E-state index in [2.05, 4.69) is 45.0 Å². The zero-order valence-corrected chi connectivity index (χ0v) is 16.9. The molecule has 0 atom stereocenters. The Kier molecular flexibility index (Phi) is 6.17. The van der Waals surface area contributed by atoms with Crippen molar-refractivity contribution >= 4 is 34.9 Å². The lowest BCUT2D eigenvalue weighted by molar-refractivity contribution is -0.116. The van der Waals surface area contributed by atoms with E-state index in [0.29, 0.717) is 33.9 Å². The highest BCUT2D eigenvalue weighted by Gasteiger charge is 2.22. The first-order chi connectivity index (χ1) is 11.6. The van der Waals surface area contributed by atoms with Crippen molar-refractivity contribution in [1.29, 1.82) is 0 Å². The van der Waals surface area contributed by atoms with Gasteiger partial charge in [0.2, 0.25) is 5.91 Å². The van der Waals surface area contributed by atoms with Gasteiger partial charge in [-0.1, -0.05) is 57.8 Å². The Bertz CT molecular complexity index is 761. The molecule has 136 valence electrons. The molecule has 25 heavy (non-hydrogen) atoms. The second kappa shape index (κ2) is 7.79. The van der Waals surface area contributed by atoms with Crippen molar-refractivity contribution in [2.45, 2.75) is 52.9 Å². The summed E-state index contributed by atoms with van der Waals surface area (Å²) in [5.41, 5.74) is 1.35. The van der Waals surface area contributed by atoms with Gasteiger partial charge in [-0.25, -0.2) is 4.68 Å². The van der Waals surface area contributed by atoms with Gasteiger partial charge in [-0.05, 0) is 30.5 Å². The smallest absolute Gasteiger partial charge is 0.225 e. The van der Waals surface area contributed by atoms with E-state index in [1.165, 1.54) is 0 Å².